The Hall–Kier alpha value is -1.12. The second kappa shape index (κ2) is 7.43. The first-order valence-corrected chi connectivity index (χ1v) is 8.98. The molecule has 114 valence electrons. The second-order valence-corrected chi connectivity index (χ2v) is 7.17. The summed E-state index contributed by atoms with van der Waals surface area (Å²) in [5, 5.41) is 0.881. The van der Waals surface area contributed by atoms with E-state index in [1.54, 1.807) is 0 Å². The highest BCUT2D eigenvalue weighted by Gasteiger charge is 2.17. The Morgan fingerprint density at radius 3 is 2.41 bits per heavy atom. The van der Waals surface area contributed by atoms with E-state index < -0.39 is 0 Å². The first-order valence-electron chi connectivity index (χ1n) is 7.81. The lowest BCUT2D eigenvalue weighted by Gasteiger charge is -2.23. The molecule has 0 bridgehead atoms. The zero-order valence-corrected chi connectivity index (χ0v) is 14.8. The third-order valence-corrected chi connectivity index (χ3v) is 5.11. The Morgan fingerprint density at radius 1 is 1.00 bits per heavy atom. The minimum absolute atomic E-state index is 0.638. The highest BCUT2D eigenvalue weighted by atomic mass is 79.9. The minimum Gasteiger partial charge on any atom is -0.256 e. The van der Waals surface area contributed by atoms with Crippen LogP contribution in [-0.2, 0) is 0 Å². The summed E-state index contributed by atoms with van der Waals surface area (Å²) in [7, 11) is 0. The van der Waals surface area contributed by atoms with Gasteiger partial charge in [0.2, 0.25) is 0 Å². The zero-order chi connectivity index (χ0) is 15.4. The van der Waals surface area contributed by atoms with Crippen LogP contribution < -0.4 is 0 Å². The van der Waals surface area contributed by atoms with Crippen molar-refractivity contribution in [3.05, 3.63) is 63.1 Å². The smallest absolute Gasteiger partial charge is 0.0630 e. The van der Waals surface area contributed by atoms with Crippen molar-refractivity contribution in [2.45, 2.75) is 38.0 Å². The van der Waals surface area contributed by atoms with E-state index in [4.69, 9.17) is 11.6 Å². The molecule has 22 heavy (non-hydrogen) atoms. The highest BCUT2D eigenvalue weighted by Crippen LogP contribution is 2.36. The van der Waals surface area contributed by atoms with Crippen molar-refractivity contribution in [2.75, 3.05) is 0 Å². The van der Waals surface area contributed by atoms with Crippen LogP contribution in [-0.4, -0.2) is 6.21 Å². The average Bonchev–Trinajstić information content (AvgIpc) is 2.55. The minimum atomic E-state index is 0.638. The summed E-state index contributed by atoms with van der Waals surface area (Å²) in [6, 6.07) is 14.3. The number of hydrogen-bond donors (Lipinski definition) is 0. The van der Waals surface area contributed by atoms with Crippen LogP contribution >= 0.6 is 27.5 Å². The van der Waals surface area contributed by atoms with E-state index in [1.807, 2.05) is 36.5 Å². The van der Waals surface area contributed by atoms with E-state index in [2.05, 4.69) is 33.1 Å². The number of nitrogens with zero attached hydrogens (tertiary/aromatic N) is 1. The fraction of sp³-hybridized carbons (Fsp3) is 0.316. The molecule has 0 aliphatic heterocycles. The van der Waals surface area contributed by atoms with Gasteiger partial charge in [0.25, 0.3) is 0 Å². The summed E-state index contributed by atoms with van der Waals surface area (Å²) in [6.07, 6.45) is 8.44. The van der Waals surface area contributed by atoms with E-state index in [0.29, 0.717) is 5.92 Å². The molecule has 0 aromatic heterocycles. The first-order chi connectivity index (χ1) is 10.7. The van der Waals surface area contributed by atoms with Gasteiger partial charge in [0.1, 0.15) is 0 Å². The number of hydrogen-bond acceptors (Lipinski definition) is 1. The van der Waals surface area contributed by atoms with Crippen molar-refractivity contribution in [3.63, 3.8) is 0 Å². The van der Waals surface area contributed by atoms with E-state index in [1.165, 1.54) is 37.7 Å². The van der Waals surface area contributed by atoms with Crippen LogP contribution in [0.3, 0.4) is 0 Å². The summed E-state index contributed by atoms with van der Waals surface area (Å²) in [5.41, 5.74) is 3.30. The Balaban J connectivity index is 1.75. The molecule has 2 aromatic carbocycles. The van der Waals surface area contributed by atoms with Gasteiger partial charge in [-0.1, -0.05) is 58.9 Å². The molecule has 1 aliphatic rings. The zero-order valence-electron chi connectivity index (χ0n) is 12.4. The second-order valence-electron chi connectivity index (χ2n) is 5.85. The molecule has 0 amide bonds. The molecule has 2 aromatic rings. The van der Waals surface area contributed by atoms with Gasteiger partial charge in [-0.2, -0.15) is 0 Å². The van der Waals surface area contributed by atoms with Gasteiger partial charge < -0.3 is 0 Å². The van der Waals surface area contributed by atoms with Crippen molar-refractivity contribution < 1.29 is 0 Å². The quantitative estimate of drug-likeness (QED) is 0.516. The Kier molecular flexibility index (Phi) is 5.32. The van der Waals surface area contributed by atoms with E-state index in [-0.39, 0.29) is 0 Å². The molecule has 0 unspecified atom stereocenters. The third kappa shape index (κ3) is 3.99. The van der Waals surface area contributed by atoms with Gasteiger partial charge in [-0.25, -0.2) is 0 Å². The largest absolute Gasteiger partial charge is 0.256 e. The van der Waals surface area contributed by atoms with Crippen LogP contribution in [0.25, 0.3) is 0 Å². The molecule has 0 heterocycles. The molecule has 0 atom stereocenters. The summed E-state index contributed by atoms with van der Waals surface area (Å²) in [6.45, 7) is 0. The maximum absolute atomic E-state index is 6.50. The lowest BCUT2D eigenvalue weighted by Crippen LogP contribution is -2.05. The lowest BCUT2D eigenvalue weighted by molar-refractivity contribution is 0.444. The number of aliphatic imine (C=N–C) groups is 1. The number of benzene rings is 2. The summed E-state index contributed by atoms with van der Waals surface area (Å²) in [5.74, 6) is 0.638. The molecular weight excluding hydrogens is 358 g/mol. The first kappa shape index (κ1) is 15.8. The maximum Gasteiger partial charge on any atom is 0.0630 e. The molecule has 1 fully saturated rings. The predicted molar refractivity (Wildman–Crippen MR) is 98.7 cm³/mol. The molecule has 0 spiro atoms. The summed E-state index contributed by atoms with van der Waals surface area (Å²) < 4.78 is 1.06. The van der Waals surface area contributed by atoms with Crippen LogP contribution in [0.5, 0.6) is 0 Å². The van der Waals surface area contributed by atoms with Crippen molar-refractivity contribution in [1.82, 2.24) is 0 Å². The van der Waals surface area contributed by atoms with Crippen LogP contribution in [0, 0.1) is 0 Å². The van der Waals surface area contributed by atoms with Gasteiger partial charge in [-0.15, -0.1) is 0 Å². The molecular formula is C19H19BrClN. The Morgan fingerprint density at radius 2 is 1.73 bits per heavy atom. The highest BCUT2D eigenvalue weighted by molar-refractivity contribution is 9.10. The molecule has 3 heteroatoms. The van der Waals surface area contributed by atoms with Crippen LogP contribution in [0.4, 0.5) is 5.69 Å². The Bertz CT molecular complexity index is 658. The number of halogens is 2. The maximum atomic E-state index is 6.50. The monoisotopic (exact) mass is 375 g/mol. The summed E-state index contributed by atoms with van der Waals surface area (Å²) in [4.78, 5) is 4.50. The van der Waals surface area contributed by atoms with Gasteiger partial charge in [-0.3, -0.25) is 4.99 Å². The molecule has 0 radical (unpaired) electrons. The SMILES string of the molecule is Clc1cc(/C=N/c2ccc(Br)cc2)ccc1C1CCCCC1. The van der Waals surface area contributed by atoms with Gasteiger partial charge in [0, 0.05) is 15.7 Å². The molecule has 1 saturated carbocycles. The van der Waals surface area contributed by atoms with Gasteiger partial charge in [0.05, 0.1) is 5.69 Å². The topological polar surface area (TPSA) is 12.4 Å². The van der Waals surface area contributed by atoms with Crippen LogP contribution in [0.15, 0.2) is 51.9 Å². The van der Waals surface area contributed by atoms with Crippen molar-refractivity contribution in [3.8, 4) is 0 Å². The van der Waals surface area contributed by atoms with E-state index >= 15 is 0 Å². The fourth-order valence-corrected chi connectivity index (χ4v) is 3.65. The Labute approximate surface area is 145 Å². The summed E-state index contributed by atoms with van der Waals surface area (Å²) >= 11 is 9.92. The average molecular weight is 377 g/mol. The fourth-order valence-electron chi connectivity index (χ4n) is 3.04. The van der Waals surface area contributed by atoms with Gasteiger partial charge in [0.15, 0.2) is 0 Å². The molecule has 0 N–H and O–H groups in total. The number of rotatable bonds is 3. The van der Waals surface area contributed by atoms with E-state index in [9.17, 15) is 0 Å². The van der Waals surface area contributed by atoms with Crippen LogP contribution in [0.1, 0.15) is 49.1 Å². The van der Waals surface area contributed by atoms with Crippen molar-refractivity contribution in [2.24, 2.45) is 4.99 Å². The normalized spacial score (nSPS) is 16.3. The van der Waals surface area contributed by atoms with Crippen molar-refractivity contribution >= 4 is 39.4 Å². The lowest BCUT2D eigenvalue weighted by atomic mass is 9.84. The molecule has 0 saturated heterocycles. The van der Waals surface area contributed by atoms with Crippen molar-refractivity contribution in [1.29, 1.82) is 0 Å². The third-order valence-electron chi connectivity index (χ3n) is 4.26. The van der Waals surface area contributed by atoms with Gasteiger partial charge >= 0.3 is 0 Å². The standard InChI is InChI=1S/C19H19BrClN/c20-16-7-9-17(10-8-16)22-13-14-6-11-18(19(21)12-14)15-4-2-1-3-5-15/h6-13,15H,1-5H2/b22-13+. The molecule has 1 aliphatic carbocycles. The van der Waals surface area contributed by atoms with Gasteiger partial charge in [-0.05, 0) is 60.2 Å². The molecule has 1 nitrogen and oxygen atoms in total. The van der Waals surface area contributed by atoms with E-state index in [0.717, 1.165) is 20.7 Å². The molecule has 3 rings (SSSR count). The van der Waals surface area contributed by atoms with Crippen LogP contribution in [0.2, 0.25) is 5.02 Å². The predicted octanol–water partition coefficient (Wildman–Crippen LogP) is 6.90.